The summed E-state index contributed by atoms with van der Waals surface area (Å²) in [6.45, 7) is -0.160. The summed E-state index contributed by atoms with van der Waals surface area (Å²) in [6.07, 6.45) is 0. The molecule has 2 amide bonds. The van der Waals surface area contributed by atoms with Crippen LogP contribution in [0.1, 0.15) is 0 Å². The number of benzene rings is 1. The molecule has 1 aromatic carbocycles. The zero-order chi connectivity index (χ0) is 13.7. The monoisotopic (exact) mass is 273 g/mol. The second kappa shape index (κ2) is 6.01. The van der Waals surface area contributed by atoms with E-state index in [0.29, 0.717) is 0 Å². The molecular weight excluding hydrogens is 264 g/mol. The third kappa shape index (κ3) is 3.74. The standard InChI is InChI=1S/C10H9F2N3O2S/c11-5-2-1-3-6(8(5)12)15-10(17)9(16)14-4-7(13)18/h1-3H,4H2,(H2,13,18)(H,14,16)(H,15,17). The van der Waals surface area contributed by atoms with Gasteiger partial charge in [0.05, 0.1) is 17.2 Å². The number of nitrogens with two attached hydrogens (primary N) is 1. The molecule has 0 saturated heterocycles. The number of halogens is 2. The van der Waals surface area contributed by atoms with Gasteiger partial charge in [0.2, 0.25) is 0 Å². The van der Waals surface area contributed by atoms with E-state index in [0.717, 1.165) is 12.1 Å². The lowest BCUT2D eigenvalue weighted by molar-refractivity contribution is -0.136. The number of carbonyl (C=O) groups excluding carboxylic acids is 2. The van der Waals surface area contributed by atoms with E-state index in [4.69, 9.17) is 5.73 Å². The average molecular weight is 273 g/mol. The molecule has 0 spiro atoms. The van der Waals surface area contributed by atoms with E-state index in [1.807, 2.05) is 5.32 Å². The van der Waals surface area contributed by atoms with Crippen molar-refractivity contribution in [2.45, 2.75) is 0 Å². The van der Waals surface area contributed by atoms with Gasteiger partial charge in [-0.1, -0.05) is 18.3 Å². The Morgan fingerprint density at radius 2 is 1.94 bits per heavy atom. The highest BCUT2D eigenvalue weighted by molar-refractivity contribution is 7.80. The Bertz CT molecular complexity index is 508. The lowest BCUT2D eigenvalue weighted by Gasteiger charge is -2.06. The van der Waals surface area contributed by atoms with Gasteiger partial charge in [0.25, 0.3) is 0 Å². The van der Waals surface area contributed by atoms with E-state index in [1.165, 1.54) is 6.07 Å². The second-order valence-corrected chi connectivity index (χ2v) is 3.73. The summed E-state index contributed by atoms with van der Waals surface area (Å²) in [5.74, 6) is -4.56. The van der Waals surface area contributed by atoms with Gasteiger partial charge in [-0.3, -0.25) is 9.59 Å². The zero-order valence-electron chi connectivity index (χ0n) is 9.00. The van der Waals surface area contributed by atoms with E-state index in [9.17, 15) is 18.4 Å². The predicted octanol–water partition coefficient (Wildman–Crippen LogP) is 0.306. The molecule has 1 aromatic rings. The molecule has 0 aromatic heterocycles. The molecule has 0 heterocycles. The lowest BCUT2D eigenvalue weighted by atomic mass is 10.3. The largest absolute Gasteiger partial charge is 0.392 e. The number of carbonyl (C=O) groups is 2. The molecule has 0 unspecified atom stereocenters. The predicted molar refractivity (Wildman–Crippen MR) is 64.8 cm³/mol. The van der Waals surface area contributed by atoms with Crippen molar-refractivity contribution in [2.24, 2.45) is 5.73 Å². The van der Waals surface area contributed by atoms with Gasteiger partial charge in [0.1, 0.15) is 0 Å². The summed E-state index contributed by atoms with van der Waals surface area (Å²) in [4.78, 5) is 22.5. The van der Waals surface area contributed by atoms with Crippen molar-refractivity contribution in [1.29, 1.82) is 0 Å². The van der Waals surface area contributed by atoms with E-state index >= 15 is 0 Å². The molecule has 5 nitrogen and oxygen atoms in total. The number of hydrogen-bond donors (Lipinski definition) is 3. The van der Waals surface area contributed by atoms with Crippen molar-refractivity contribution in [3.63, 3.8) is 0 Å². The molecule has 4 N–H and O–H groups in total. The smallest absolute Gasteiger partial charge is 0.313 e. The molecular formula is C10H9F2N3O2S. The first-order valence-corrected chi connectivity index (χ1v) is 5.14. The fourth-order valence-corrected chi connectivity index (χ4v) is 1.10. The average Bonchev–Trinajstić information content (AvgIpc) is 2.31. The minimum Gasteiger partial charge on any atom is -0.392 e. The summed E-state index contributed by atoms with van der Waals surface area (Å²) in [6, 6.07) is 3.20. The molecule has 0 aliphatic rings. The van der Waals surface area contributed by atoms with Crippen molar-refractivity contribution in [3.8, 4) is 0 Å². The van der Waals surface area contributed by atoms with Crippen molar-refractivity contribution in [1.82, 2.24) is 5.32 Å². The van der Waals surface area contributed by atoms with Gasteiger partial charge in [0.15, 0.2) is 11.6 Å². The summed E-state index contributed by atoms with van der Waals surface area (Å²) >= 11 is 4.49. The highest BCUT2D eigenvalue weighted by atomic mass is 32.1. The molecule has 0 aliphatic carbocycles. The minimum atomic E-state index is -1.24. The van der Waals surface area contributed by atoms with Gasteiger partial charge >= 0.3 is 11.8 Å². The Morgan fingerprint density at radius 3 is 2.56 bits per heavy atom. The lowest BCUT2D eigenvalue weighted by Crippen LogP contribution is -2.39. The normalized spacial score (nSPS) is 9.67. The molecule has 0 saturated carbocycles. The van der Waals surface area contributed by atoms with Crippen LogP contribution in [0.5, 0.6) is 0 Å². The minimum absolute atomic E-state index is 0.00640. The maximum absolute atomic E-state index is 13.2. The van der Waals surface area contributed by atoms with Gasteiger partial charge < -0.3 is 16.4 Å². The topological polar surface area (TPSA) is 84.2 Å². The van der Waals surface area contributed by atoms with Crippen molar-refractivity contribution < 1.29 is 18.4 Å². The van der Waals surface area contributed by atoms with Crippen LogP contribution in [0.2, 0.25) is 0 Å². The van der Waals surface area contributed by atoms with Gasteiger partial charge in [0, 0.05) is 0 Å². The Hall–Kier alpha value is -2.09. The Kier molecular flexibility index (Phi) is 4.67. The second-order valence-electron chi connectivity index (χ2n) is 3.20. The van der Waals surface area contributed by atoms with Crippen molar-refractivity contribution in [3.05, 3.63) is 29.8 Å². The maximum Gasteiger partial charge on any atom is 0.313 e. The highest BCUT2D eigenvalue weighted by Gasteiger charge is 2.16. The molecule has 0 fully saturated rings. The molecule has 18 heavy (non-hydrogen) atoms. The van der Waals surface area contributed by atoms with Crippen LogP contribution in [0, 0.1) is 11.6 Å². The van der Waals surface area contributed by atoms with Gasteiger partial charge in [-0.05, 0) is 12.1 Å². The fraction of sp³-hybridized carbons (Fsp3) is 0.100. The van der Waals surface area contributed by atoms with Crippen LogP contribution in [-0.4, -0.2) is 23.3 Å². The first kappa shape index (κ1) is 14.0. The quantitative estimate of drug-likeness (QED) is 0.546. The van der Waals surface area contributed by atoms with E-state index in [2.05, 4.69) is 17.5 Å². The summed E-state index contributed by atoms with van der Waals surface area (Å²) in [5, 5.41) is 4.03. The summed E-state index contributed by atoms with van der Waals surface area (Å²) in [5.41, 5.74) is 4.69. The van der Waals surface area contributed by atoms with Crippen LogP contribution in [0.15, 0.2) is 18.2 Å². The zero-order valence-corrected chi connectivity index (χ0v) is 9.81. The summed E-state index contributed by atoms with van der Waals surface area (Å²) < 4.78 is 26.0. The first-order chi connectivity index (χ1) is 8.41. The van der Waals surface area contributed by atoms with Crippen LogP contribution >= 0.6 is 12.2 Å². The number of rotatable bonds is 3. The van der Waals surface area contributed by atoms with Crippen LogP contribution in [-0.2, 0) is 9.59 Å². The Balaban J connectivity index is 2.67. The molecule has 0 radical (unpaired) electrons. The number of amides is 2. The number of thiocarbonyl (C=S) groups is 1. The Labute approximate surface area is 106 Å². The molecule has 1 rings (SSSR count). The first-order valence-electron chi connectivity index (χ1n) is 4.73. The van der Waals surface area contributed by atoms with Crippen LogP contribution in [0.3, 0.4) is 0 Å². The van der Waals surface area contributed by atoms with Crippen molar-refractivity contribution >= 4 is 34.7 Å². The number of anilines is 1. The number of nitrogens with one attached hydrogen (secondary N) is 2. The molecule has 8 heteroatoms. The number of hydrogen-bond acceptors (Lipinski definition) is 3. The van der Waals surface area contributed by atoms with Crippen LogP contribution in [0.25, 0.3) is 0 Å². The van der Waals surface area contributed by atoms with Crippen LogP contribution in [0.4, 0.5) is 14.5 Å². The van der Waals surface area contributed by atoms with Gasteiger partial charge in [-0.25, -0.2) is 8.78 Å². The van der Waals surface area contributed by atoms with Crippen LogP contribution < -0.4 is 16.4 Å². The Morgan fingerprint density at radius 1 is 1.28 bits per heavy atom. The maximum atomic E-state index is 13.2. The van der Waals surface area contributed by atoms with E-state index < -0.39 is 29.1 Å². The van der Waals surface area contributed by atoms with Crippen molar-refractivity contribution in [2.75, 3.05) is 11.9 Å². The molecule has 0 atom stereocenters. The third-order valence-electron chi connectivity index (χ3n) is 1.83. The molecule has 0 aliphatic heterocycles. The van der Waals surface area contributed by atoms with Gasteiger partial charge in [-0.2, -0.15) is 0 Å². The highest BCUT2D eigenvalue weighted by Crippen LogP contribution is 2.16. The summed E-state index contributed by atoms with van der Waals surface area (Å²) in [7, 11) is 0. The van der Waals surface area contributed by atoms with Gasteiger partial charge in [-0.15, -0.1) is 0 Å². The van der Waals surface area contributed by atoms with E-state index in [-0.39, 0.29) is 11.5 Å². The fourth-order valence-electron chi connectivity index (χ4n) is 1.03. The SMILES string of the molecule is NC(=S)CNC(=O)C(=O)Nc1cccc(F)c1F. The van der Waals surface area contributed by atoms with E-state index in [1.54, 1.807) is 0 Å². The molecule has 0 bridgehead atoms. The third-order valence-corrected chi connectivity index (χ3v) is 1.97. The molecule has 96 valence electrons.